The number of aliphatic hydroxyl groups is 1. The highest BCUT2D eigenvalue weighted by molar-refractivity contribution is 5.38. The van der Waals surface area contributed by atoms with Crippen molar-refractivity contribution in [2.24, 2.45) is 0 Å². The number of likely N-dealkylation sites (tertiary alicyclic amines) is 1. The molecule has 1 heterocycles. The van der Waals surface area contributed by atoms with Gasteiger partial charge < -0.3 is 5.11 Å². The van der Waals surface area contributed by atoms with Crippen LogP contribution in [0.25, 0.3) is 0 Å². The fourth-order valence-corrected chi connectivity index (χ4v) is 2.07. The third-order valence-corrected chi connectivity index (χ3v) is 3.02. The van der Waals surface area contributed by atoms with Gasteiger partial charge in [-0.05, 0) is 12.8 Å². The van der Waals surface area contributed by atoms with Gasteiger partial charge in [0, 0.05) is 12.8 Å². The topological polar surface area (TPSA) is 37.3 Å². The van der Waals surface area contributed by atoms with E-state index in [1.807, 2.05) is 0 Å². The van der Waals surface area contributed by atoms with Crippen LogP contribution in [0.2, 0.25) is 0 Å². The summed E-state index contributed by atoms with van der Waals surface area (Å²) in [5.41, 5.74) is 0. The lowest BCUT2D eigenvalue weighted by Crippen LogP contribution is -2.51. The summed E-state index contributed by atoms with van der Waals surface area (Å²) in [6, 6.07) is 0. The molecule has 1 N–H and O–H groups in total. The van der Waals surface area contributed by atoms with Gasteiger partial charge in [0.1, 0.15) is 0 Å². The molecular formula is C10H20NO2+. The summed E-state index contributed by atoms with van der Waals surface area (Å²) >= 11 is 0. The van der Waals surface area contributed by atoms with Gasteiger partial charge in [-0.3, -0.25) is 0 Å². The second-order valence-corrected chi connectivity index (χ2v) is 3.99. The molecular weight excluding hydrogens is 166 g/mol. The number of rotatable bonds is 5. The molecule has 3 nitrogen and oxygen atoms in total. The summed E-state index contributed by atoms with van der Waals surface area (Å²) < 4.78 is 0.292. The zero-order valence-corrected chi connectivity index (χ0v) is 8.41. The van der Waals surface area contributed by atoms with E-state index in [0.717, 1.165) is 51.6 Å². The largest absolute Gasteiger partial charge is 0.344 e. The minimum absolute atomic E-state index is 0.292. The summed E-state index contributed by atoms with van der Waals surface area (Å²) in [5, 5.41) is 9.68. The van der Waals surface area contributed by atoms with Crippen molar-refractivity contribution in [3.63, 3.8) is 0 Å². The Kier molecular flexibility index (Phi) is 3.88. The third-order valence-electron chi connectivity index (χ3n) is 3.02. The van der Waals surface area contributed by atoms with Crippen molar-refractivity contribution in [1.82, 2.24) is 0 Å². The van der Waals surface area contributed by atoms with Crippen LogP contribution < -0.4 is 0 Å². The number of carbonyl (C=O) groups excluding carboxylic acids is 1. The molecule has 2 unspecified atom stereocenters. The minimum Gasteiger partial charge on any atom is -0.344 e. The van der Waals surface area contributed by atoms with Crippen molar-refractivity contribution >= 4 is 6.41 Å². The van der Waals surface area contributed by atoms with E-state index in [1.165, 1.54) is 0 Å². The number of hydrogen-bond donors (Lipinski definition) is 1. The van der Waals surface area contributed by atoms with Crippen molar-refractivity contribution < 1.29 is 14.4 Å². The molecule has 0 aromatic heterocycles. The van der Waals surface area contributed by atoms with E-state index in [2.05, 4.69) is 6.92 Å². The molecule has 13 heavy (non-hydrogen) atoms. The van der Waals surface area contributed by atoms with Crippen LogP contribution in [0.1, 0.15) is 39.0 Å². The molecule has 2 atom stereocenters. The van der Waals surface area contributed by atoms with Crippen molar-refractivity contribution in [2.75, 3.05) is 13.1 Å². The molecule has 1 amide bonds. The number of unbranched alkanes of at least 4 members (excludes halogenated alkanes) is 2. The lowest BCUT2D eigenvalue weighted by Gasteiger charge is -2.30. The average molecular weight is 186 g/mol. The Morgan fingerprint density at radius 2 is 2.31 bits per heavy atom. The van der Waals surface area contributed by atoms with Crippen molar-refractivity contribution in [2.45, 2.75) is 45.3 Å². The Bertz CT molecular complexity index is 172. The normalized spacial score (nSPS) is 33.5. The van der Waals surface area contributed by atoms with E-state index in [4.69, 9.17) is 0 Å². The smallest absolute Gasteiger partial charge is 0.303 e. The molecule has 0 spiro atoms. The standard InChI is InChI=1S/C10H20NO2/c1-2-3-4-7-11(9-12)8-5-6-10(11)13/h9-10,13H,2-8H2,1H3/q+1. The van der Waals surface area contributed by atoms with Crippen LogP contribution >= 0.6 is 0 Å². The fraction of sp³-hybridized carbons (Fsp3) is 0.900. The summed E-state index contributed by atoms with van der Waals surface area (Å²) in [7, 11) is 0. The van der Waals surface area contributed by atoms with Gasteiger partial charge in [0.25, 0.3) is 0 Å². The van der Waals surface area contributed by atoms with Crippen LogP contribution in [-0.2, 0) is 4.79 Å². The van der Waals surface area contributed by atoms with E-state index < -0.39 is 6.23 Å². The van der Waals surface area contributed by atoms with Crippen LogP contribution in [0.3, 0.4) is 0 Å². The maximum Gasteiger partial charge on any atom is 0.303 e. The average Bonchev–Trinajstić information content (AvgIpc) is 2.49. The van der Waals surface area contributed by atoms with Crippen LogP contribution in [0, 0.1) is 0 Å². The molecule has 1 saturated heterocycles. The summed E-state index contributed by atoms with van der Waals surface area (Å²) in [4.78, 5) is 10.9. The summed E-state index contributed by atoms with van der Waals surface area (Å²) in [6.07, 6.45) is 5.63. The Balaban J connectivity index is 2.44. The number of amides is 1. The number of carbonyl (C=O) groups is 1. The molecule has 1 fully saturated rings. The Morgan fingerprint density at radius 3 is 2.77 bits per heavy atom. The zero-order chi connectivity index (χ0) is 9.73. The molecule has 1 rings (SSSR count). The van der Waals surface area contributed by atoms with Gasteiger partial charge in [0.2, 0.25) is 0 Å². The first-order valence-corrected chi connectivity index (χ1v) is 5.26. The van der Waals surface area contributed by atoms with Gasteiger partial charge in [-0.1, -0.05) is 13.3 Å². The Morgan fingerprint density at radius 1 is 1.54 bits per heavy atom. The maximum atomic E-state index is 10.9. The predicted molar refractivity (Wildman–Crippen MR) is 50.8 cm³/mol. The van der Waals surface area contributed by atoms with Crippen molar-refractivity contribution in [1.29, 1.82) is 0 Å². The molecule has 3 heteroatoms. The second kappa shape index (κ2) is 4.72. The minimum atomic E-state index is -0.436. The Hall–Kier alpha value is -0.410. The number of quaternary nitrogens is 1. The van der Waals surface area contributed by atoms with Gasteiger partial charge in [0.05, 0.1) is 13.1 Å². The van der Waals surface area contributed by atoms with Gasteiger partial charge in [0.15, 0.2) is 6.23 Å². The molecule has 0 aliphatic carbocycles. The highest BCUT2D eigenvalue weighted by atomic mass is 16.3. The van der Waals surface area contributed by atoms with Gasteiger partial charge >= 0.3 is 6.41 Å². The number of nitrogens with zero attached hydrogens (tertiary/aromatic N) is 1. The third kappa shape index (κ3) is 2.29. The lowest BCUT2D eigenvalue weighted by atomic mass is 10.2. The molecule has 0 aromatic carbocycles. The van der Waals surface area contributed by atoms with Crippen LogP contribution in [0.5, 0.6) is 0 Å². The first-order chi connectivity index (χ1) is 6.25. The molecule has 0 aromatic rings. The summed E-state index contributed by atoms with van der Waals surface area (Å²) in [5.74, 6) is 0. The monoisotopic (exact) mass is 186 g/mol. The zero-order valence-electron chi connectivity index (χ0n) is 8.41. The van der Waals surface area contributed by atoms with E-state index in [9.17, 15) is 9.90 Å². The quantitative estimate of drug-likeness (QED) is 0.399. The first kappa shape index (κ1) is 10.7. The molecule has 1 aliphatic heterocycles. The first-order valence-electron chi connectivity index (χ1n) is 5.26. The van der Waals surface area contributed by atoms with Gasteiger partial charge in [-0.25, -0.2) is 9.28 Å². The number of hydrogen-bond acceptors (Lipinski definition) is 2. The molecule has 76 valence electrons. The summed E-state index contributed by atoms with van der Waals surface area (Å²) in [6.45, 7) is 3.79. The predicted octanol–water partition coefficient (Wildman–Crippen LogP) is 1.26. The van der Waals surface area contributed by atoms with Crippen LogP contribution in [0.15, 0.2) is 0 Å². The fourth-order valence-electron chi connectivity index (χ4n) is 2.07. The highest BCUT2D eigenvalue weighted by Gasteiger charge is 2.40. The van der Waals surface area contributed by atoms with E-state index in [-0.39, 0.29) is 0 Å². The molecule has 1 aliphatic rings. The molecule has 0 radical (unpaired) electrons. The van der Waals surface area contributed by atoms with Crippen LogP contribution in [0.4, 0.5) is 0 Å². The lowest BCUT2D eigenvalue weighted by molar-refractivity contribution is -0.880. The second-order valence-electron chi connectivity index (χ2n) is 3.99. The molecule has 0 bridgehead atoms. The Labute approximate surface area is 79.9 Å². The van der Waals surface area contributed by atoms with E-state index in [0.29, 0.717) is 4.48 Å². The van der Waals surface area contributed by atoms with Crippen LogP contribution in [-0.4, -0.2) is 35.3 Å². The SMILES string of the molecule is CCCCC[N+]1(C=O)CCCC1O. The van der Waals surface area contributed by atoms with Gasteiger partial charge in [-0.15, -0.1) is 0 Å². The van der Waals surface area contributed by atoms with E-state index in [1.54, 1.807) is 0 Å². The number of aliphatic hydroxyl groups excluding tert-OH is 1. The maximum absolute atomic E-state index is 10.9. The highest BCUT2D eigenvalue weighted by Crippen LogP contribution is 2.23. The molecule has 0 saturated carbocycles. The van der Waals surface area contributed by atoms with Crippen molar-refractivity contribution in [3.05, 3.63) is 0 Å². The van der Waals surface area contributed by atoms with Crippen molar-refractivity contribution in [3.8, 4) is 0 Å². The van der Waals surface area contributed by atoms with Gasteiger partial charge in [-0.2, -0.15) is 0 Å². The van der Waals surface area contributed by atoms with E-state index >= 15 is 0 Å².